The van der Waals surface area contributed by atoms with Gasteiger partial charge in [0.05, 0.1) is 19.1 Å². The molecule has 34 heavy (non-hydrogen) atoms. The first kappa shape index (κ1) is 22.8. The van der Waals surface area contributed by atoms with E-state index in [1.807, 2.05) is 18.2 Å². The zero-order valence-electron chi connectivity index (χ0n) is 18.8. The Labute approximate surface area is 197 Å². The lowest BCUT2D eigenvalue weighted by Gasteiger charge is -2.37. The third kappa shape index (κ3) is 5.08. The Morgan fingerprint density at radius 1 is 1.09 bits per heavy atom. The van der Waals surface area contributed by atoms with E-state index in [-0.39, 0.29) is 49.2 Å². The molecule has 3 aliphatic rings. The van der Waals surface area contributed by atoms with Gasteiger partial charge in [0.25, 0.3) is 0 Å². The molecule has 2 fully saturated rings. The van der Waals surface area contributed by atoms with Crippen molar-refractivity contribution in [2.24, 2.45) is 5.92 Å². The first-order chi connectivity index (χ1) is 16.5. The third-order valence-corrected chi connectivity index (χ3v) is 6.80. The average Bonchev–Trinajstić information content (AvgIpc) is 3.56. The van der Waals surface area contributed by atoms with E-state index in [4.69, 9.17) is 9.47 Å². The SMILES string of the molecule is O=C(C[C@H]1C[C@@H]2c3cc(NC(=O)CC4CC4)ccc3O[C@@H]2[C@H](CO)O1)NCc1ccccc1F. The highest BCUT2D eigenvalue weighted by Gasteiger charge is 2.46. The van der Waals surface area contributed by atoms with Gasteiger partial charge in [-0.05, 0) is 49.4 Å². The number of hydrogen-bond acceptors (Lipinski definition) is 5. The van der Waals surface area contributed by atoms with Crippen molar-refractivity contribution in [1.82, 2.24) is 5.32 Å². The number of rotatable bonds is 8. The highest BCUT2D eigenvalue weighted by Crippen LogP contribution is 2.47. The summed E-state index contributed by atoms with van der Waals surface area (Å²) in [5, 5.41) is 15.6. The Hall–Kier alpha value is -2.97. The van der Waals surface area contributed by atoms with Crippen LogP contribution in [0, 0.1) is 11.7 Å². The summed E-state index contributed by atoms with van der Waals surface area (Å²) in [5.74, 6) is 0.562. The number of amides is 2. The zero-order chi connectivity index (χ0) is 23.7. The molecule has 7 nitrogen and oxygen atoms in total. The maximum absolute atomic E-state index is 13.8. The fourth-order valence-corrected chi connectivity index (χ4v) is 4.88. The molecule has 3 N–H and O–H groups in total. The lowest BCUT2D eigenvalue weighted by atomic mass is 9.84. The molecule has 0 bridgehead atoms. The summed E-state index contributed by atoms with van der Waals surface area (Å²) in [6.07, 6.45) is 2.09. The van der Waals surface area contributed by atoms with Crippen LogP contribution in [-0.4, -0.2) is 41.8 Å². The Morgan fingerprint density at radius 2 is 1.91 bits per heavy atom. The van der Waals surface area contributed by atoms with E-state index in [9.17, 15) is 19.1 Å². The second kappa shape index (κ2) is 9.72. The van der Waals surface area contributed by atoms with Crippen molar-refractivity contribution in [1.29, 1.82) is 0 Å². The fraction of sp³-hybridized carbons (Fsp3) is 0.462. The summed E-state index contributed by atoms with van der Waals surface area (Å²) in [7, 11) is 0. The standard InChI is InChI=1S/C26H29FN2O5/c27-21-4-2-1-3-16(21)13-28-24(31)12-18-11-20-19-10-17(29-25(32)9-15-5-6-15)7-8-22(19)34-26(20)23(14-30)33-18/h1-4,7-8,10,15,18,20,23,26,30H,5-6,9,11-14H2,(H,28,31)(H,29,32)/t18-,20-,23+,26+/m1/s1. The van der Waals surface area contributed by atoms with Gasteiger partial charge in [-0.1, -0.05) is 18.2 Å². The van der Waals surface area contributed by atoms with Gasteiger partial charge in [0.2, 0.25) is 11.8 Å². The number of hydrogen-bond donors (Lipinski definition) is 3. The van der Waals surface area contributed by atoms with Gasteiger partial charge in [-0.2, -0.15) is 0 Å². The summed E-state index contributed by atoms with van der Waals surface area (Å²) in [5.41, 5.74) is 2.09. The Kier molecular flexibility index (Phi) is 6.52. The molecule has 0 aromatic heterocycles. The van der Waals surface area contributed by atoms with Gasteiger partial charge in [0.1, 0.15) is 23.8 Å². The number of carbonyl (C=O) groups is 2. The molecule has 2 aromatic rings. The summed E-state index contributed by atoms with van der Waals surface area (Å²) < 4.78 is 25.9. The van der Waals surface area contributed by atoms with Gasteiger partial charge in [0, 0.05) is 35.7 Å². The van der Waals surface area contributed by atoms with E-state index >= 15 is 0 Å². The second-order valence-electron chi connectivity index (χ2n) is 9.42. The largest absolute Gasteiger partial charge is 0.487 e. The highest BCUT2D eigenvalue weighted by atomic mass is 19.1. The predicted octanol–water partition coefficient (Wildman–Crippen LogP) is 3.27. The number of ether oxygens (including phenoxy) is 2. The maximum atomic E-state index is 13.8. The molecule has 0 radical (unpaired) electrons. The van der Waals surface area contributed by atoms with Crippen LogP contribution in [0.1, 0.15) is 49.1 Å². The van der Waals surface area contributed by atoms with Gasteiger partial charge in [-0.15, -0.1) is 0 Å². The summed E-state index contributed by atoms with van der Waals surface area (Å²) in [6, 6.07) is 11.9. The highest BCUT2D eigenvalue weighted by molar-refractivity contribution is 5.91. The van der Waals surface area contributed by atoms with Crippen molar-refractivity contribution in [3.05, 3.63) is 59.4 Å². The first-order valence-electron chi connectivity index (χ1n) is 11.9. The smallest absolute Gasteiger partial charge is 0.224 e. The van der Waals surface area contributed by atoms with Crippen LogP contribution >= 0.6 is 0 Å². The molecule has 0 unspecified atom stereocenters. The molecule has 2 aliphatic heterocycles. The van der Waals surface area contributed by atoms with Crippen LogP contribution in [0.5, 0.6) is 5.75 Å². The monoisotopic (exact) mass is 468 g/mol. The Morgan fingerprint density at radius 3 is 2.68 bits per heavy atom. The number of carbonyl (C=O) groups excluding carboxylic acids is 2. The van der Waals surface area contributed by atoms with Crippen molar-refractivity contribution < 1.29 is 28.6 Å². The molecule has 1 saturated heterocycles. The lowest BCUT2D eigenvalue weighted by molar-refractivity contribution is -0.142. The number of aliphatic hydroxyl groups is 1. The zero-order valence-corrected chi connectivity index (χ0v) is 18.8. The van der Waals surface area contributed by atoms with Gasteiger partial charge in [-0.3, -0.25) is 9.59 Å². The van der Waals surface area contributed by atoms with Crippen molar-refractivity contribution in [3.8, 4) is 5.75 Å². The number of fused-ring (bicyclic) bond motifs is 3. The lowest BCUT2D eigenvalue weighted by Crippen LogP contribution is -2.47. The minimum atomic E-state index is -0.566. The molecular weight excluding hydrogens is 439 g/mol. The minimum absolute atomic E-state index is 0.0162. The second-order valence-corrected chi connectivity index (χ2v) is 9.42. The van der Waals surface area contributed by atoms with E-state index in [0.717, 1.165) is 24.1 Å². The van der Waals surface area contributed by atoms with Crippen LogP contribution < -0.4 is 15.4 Å². The molecule has 0 spiro atoms. The Balaban J connectivity index is 1.23. The normalized spacial score (nSPS) is 25.1. The van der Waals surface area contributed by atoms with Crippen molar-refractivity contribution in [3.63, 3.8) is 0 Å². The topological polar surface area (TPSA) is 96.9 Å². The summed E-state index contributed by atoms with van der Waals surface area (Å²) in [6.45, 7) is -0.128. The van der Waals surface area contributed by atoms with Crippen LogP contribution in [0.15, 0.2) is 42.5 Å². The molecule has 1 saturated carbocycles. The molecule has 2 heterocycles. The number of aliphatic hydroxyl groups excluding tert-OH is 1. The van der Waals surface area contributed by atoms with E-state index < -0.39 is 12.2 Å². The minimum Gasteiger partial charge on any atom is -0.487 e. The molecule has 2 aromatic carbocycles. The molecule has 2 amide bonds. The number of anilines is 1. The number of nitrogens with one attached hydrogen (secondary N) is 2. The van der Waals surface area contributed by atoms with E-state index in [2.05, 4.69) is 10.6 Å². The van der Waals surface area contributed by atoms with Gasteiger partial charge in [0.15, 0.2) is 0 Å². The molecule has 180 valence electrons. The van der Waals surface area contributed by atoms with Gasteiger partial charge < -0.3 is 25.2 Å². The molecule has 4 atom stereocenters. The van der Waals surface area contributed by atoms with Crippen LogP contribution in [-0.2, 0) is 20.9 Å². The quantitative estimate of drug-likeness (QED) is 0.553. The number of benzene rings is 2. The van der Waals surface area contributed by atoms with Crippen molar-refractivity contribution >= 4 is 17.5 Å². The van der Waals surface area contributed by atoms with Gasteiger partial charge in [-0.25, -0.2) is 4.39 Å². The third-order valence-electron chi connectivity index (χ3n) is 6.80. The maximum Gasteiger partial charge on any atom is 0.224 e. The Bertz CT molecular complexity index is 1070. The van der Waals surface area contributed by atoms with Crippen LogP contribution in [0.4, 0.5) is 10.1 Å². The van der Waals surface area contributed by atoms with Gasteiger partial charge >= 0.3 is 0 Å². The van der Waals surface area contributed by atoms with Crippen LogP contribution in [0.25, 0.3) is 0 Å². The molecule has 8 heteroatoms. The van der Waals surface area contributed by atoms with Crippen molar-refractivity contribution in [2.75, 3.05) is 11.9 Å². The van der Waals surface area contributed by atoms with E-state index in [1.165, 1.54) is 6.07 Å². The fourth-order valence-electron chi connectivity index (χ4n) is 4.88. The van der Waals surface area contributed by atoms with Crippen LogP contribution in [0.3, 0.4) is 0 Å². The molecule has 5 rings (SSSR count). The van der Waals surface area contributed by atoms with E-state index in [0.29, 0.717) is 30.1 Å². The average molecular weight is 469 g/mol. The summed E-state index contributed by atoms with van der Waals surface area (Å²) in [4.78, 5) is 24.8. The summed E-state index contributed by atoms with van der Waals surface area (Å²) >= 11 is 0. The molecular formula is C26H29FN2O5. The first-order valence-corrected chi connectivity index (χ1v) is 11.9. The molecule has 1 aliphatic carbocycles. The predicted molar refractivity (Wildman–Crippen MR) is 123 cm³/mol. The van der Waals surface area contributed by atoms with Crippen molar-refractivity contribution in [2.45, 2.75) is 62.9 Å². The van der Waals surface area contributed by atoms with Crippen LogP contribution in [0.2, 0.25) is 0 Å². The van der Waals surface area contributed by atoms with E-state index in [1.54, 1.807) is 18.2 Å². The number of halogens is 1.